The number of carbonyl (C=O) groups is 5. The summed E-state index contributed by atoms with van der Waals surface area (Å²) in [7, 11) is 0. The van der Waals surface area contributed by atoms with Gasteiger partial charge in [-0.1, -0.05) is 71.9 Å². The van der Waals surface area contributed by atoms with Crippen LogP contribution in [0.15, 0.2) is 30.3 Å². The molecule has 0 aliphatic rings. The molecule has 1 aromatic rings. The number of urea groups is 1. The first-order valence-corrected chi connectivity index (χ1v) is 13.6. The number of benzene rings is 1. The van der Waals surface area contributed by atoms with Crippen LogP contribution in [0.25, 0.3) is 0 Å². The maximum absolute atomic E-state index is 13.1. The van der Waals surface area contributed by atoms with Crippen molar-refractivity contribution in [3.8, 4) is 0 Å². The molecule has 0 aromatic heterocycles. The molecule has 0 heterocycles. The topological polar surface area (TPSA) is 168 Å². The van der Waals surface area contributed by atoms with Crippen molar-refractivity contribution in [1.82, 2.24) is 10.6 Å². The van der Waals surface area contributed by atoms with Crippen LogP contribution in [0, 0.1) is 22.7 Å². The molecule has 11 nitrogen and oxygen atoms in total. The summed E-state index contributed by atoms with van der Waals surface area (Å²) in [6.07, 6.45) is -0.398. The van der Waals surface area contributed by atoms with E-state index in [0.29, 0.717) is 0 Å². The Kier molecular flexibility index (Phi) is 12.4. The Bertz CT molecular complexity index is 1070. The van der Waals surface area contributed by atoms with Gasteiger partial charge >= 0.3 is 29.9 Å². The van der Waals surface area contributed by atoms with Crippen LogP contribution in [0.4, 0.5) is 4.79 Å². The second-order valence-electron chi connectivity index (χ2n) is 13.3. The molecule has 0 aliphatic carbocycles. The third-order valence-corrected chi connectivity index (χ3v) is 6.35. The van der Waals surface area contributed by atoms with Crippen LogP contribution in [0.2, 0.25) is 0 Å². The summed E-state index contributed by atoms with van der Waals surface area (Å²) < 4.78 is 10.7. The van der Waals surface area contributed by atoms with Gasteiger partial charge in [-0.15, -0.1) is 0 Å². The van der Waals surface area contributed by atoms with Gasteiger partial charge in [0.15, 0.2) is 0 Å². The van der Waals surface area contributed by atoms with Crippen molar-refractivity contribution in [2.75, 3.05) is 0 Å². The van der Waals surface area contributed by atoms with Gasteiger partial charge in [-0.3, -0.25) is 9.59 Å². The molecule has 4 atom stereocenters. The Morgan fingerprint density at radius 1 is 0.805 bits per heavy atom. The highest BCUT2D eigenvalue weighted by molar-refractivity contribution is 5.87. The van der Waals surface area contributed by atoms with Crippen LogP contribution < -0.4 is 10.6 Å². The number of hydrogen-bond acceptors (Lipinski definition) is 7. The number of amides is 2. The molecule has 11 heteroatoms. The third kappa shape index (κ3) is 12.2. The molecule has 0 radical (unpaired) electrons. The third-order valence-electron chi connectivity index (χ3n) is 6.35. The zero-order valence-electron chi connectivity index (χ0n) is 25.6. The fraction of sp³-hybridized carbons (Fsp3) is 0.633. The summed E-state index contributed by atoms with van der Waals surface area (Å²) in [6.45, 7) is 15.2. The molecule has 0 bridgehead atoms. The molecule has 1 rings (SSSR count). The largest absolute Gasteiger partial charge is 0.481 e. The molecule has 0 saturated heterocycles. The number of nitrogens with one attached hydrogen (secondary N) is 2. The van der Waals surface area contributed by atoms with Gasteiger partial charge < -0.3 is 30.3 Å². The molecule has 0 spiro atoms. The van der Waals surface area contributed by atoms with Crippen LogP contribution in [0.3, 0.4) is 0 Å². The van der Waals surface area contributed by atoms with E-state index in [1.165, 1.54) is 0 Å². The van der Waals surface area contributed by atoms with Gasteiger partial charge in [0.1, 0.15) is 24.3 Å². The van der Waals surface area contributed by atoms with Gasteiger partial charge in [-0.25, -0.2) is 14.4 Å². The first-order valence-electron chi connectivity index (χ1n) is 13.6. The van der Waals surface area contributed by atoms with Crippen molar-refractivity contribution in [3.05, 3.63) is 35.9 Å². The quantitative estimate of drug-likeness (QED) is 0.263. The van der Waals surface area contributed by atoms with Crippen LogP contribution in [0.1, 0.15) is 80.7 Å². The number of aliphatic carboxylic acids is 2. The fourth-order valence-corrected chi connectivity index (χ4v) is 4.60. The van der Waals surface area contributed by atoms with Crippen molar-refractivity contribution >= 4 is 29.9 Å². The lowest BCUT2D eigenvalue weighted by molar-refractivity contribution is -0.158. The van der Waals surface area contributed by atoms with Crippen molar-refractivity contribution in [2.45, 2.75) is 99.4 Å². The van der Waals surface area contributed by atoms with Crippen LogP contribution >= 0.6 is 0 Å². The molecule has 0 saturated carbocycles. The number of ether oxygens (including phenoxy) is 2. The minimum Gasteiger partial charge on any atom is -0.481 e. The number of carboxylic acids is 2. The normalized spacial score (nSPS) is 15.0. The van der Waals surface area contributed by atoms with Crippen molar-refractivity contribution < 1.29 is 43.7 Å². The van der Waals surface area contributed by atoms with Crippen molar-refractivity contribution in [3.63, 3.8) is 0 Å². The van der Waals surface area contributed by atoms with Crippen molar-refractivity contribution in [2.24, 2.45) is 22.7 Å². The standard InChI is InChI=1S/C30H46N2O9/c1-28(2,3)21(22(24(34)35)29(4,5)6)23(25(36)37)32-27(39)31-19(26(38)41-30(7,8)9)15-16-20(33)40-17-18-13-11-10-12-14-18/h10-14,19,21-23H,15-17H2,1-9H3,(H,34,35)(H,36,37)(H2,31,32,39). The molecule has 1 aromatic carbocycles. The lowest BCUT2D eigenvalue weighted by Gasteiger charge is -2.44. The molecule has 2 amide bonds. The number of rotatable bonds is 12. The van der Waals surface area contributed by atoms with E-state index >= 15 is 0 Å². The van der Waals surface area contributed by atoms with E-state index in [4.69, 9.17) is 9.47 Å². The molecule has 0 fully saturated rings. The van der Waals surface area contributed by atoms with Gasteiger partial charge in [0.05, 0.1) is 5.92 Å². The number of carboxylic acid groups (broad SMARTS) is 2. The molecule has 0 aliphatic heterocycles. The van der Waals surface area contributed by atoms with E-state index < -0.39 is 70.3 Å². The summed E-state index contributed by atoms with van der Waals surface area (Å²) >= 11 is 0. The maximum Gasteiger partial charge on any atom is 0.329 e. The second-order valence-corrected chi connectivity index (χ2v) is 13.3. The fourth-order valence-electron chi connectivity index (χ4n) is 4.60. The highest BCUT2D eigenvalue weighted by atomic mass is 16.6. The zero-order valence-corrected chi connectivity index (χ0v) is 25.6. The zero-order chi connectivity index (χ0) is 31.8. The van der Waals surface area contributed by atoms with E-state index in [0.717, 1.165) is 5.56 Å². The molecular weight excluding hydrogens is 532 g/mol. The average Bonchev–Trinajstić information content (AvgIpc) is 2.80. The first-order chi connectivity index (χ1) is 18.6. The Morgan fingerprint density at radius 3 is 1.80 bits per heavy atom. The Labute approximate surface area is 242 Å². The predicted octanol–water partition coefficient (Wildman–Crippen LogP) is 4.38. The summed E-state index contributed by atoms with van der Waals surface area (Å²) in [5.74, 6) is -6.20. The summed E-state index contributed by atoms with van der Waals surface area (Å²) in [5, 5.41) is 24.9. The minimum absolute atomic E-state index is 0.0394. The van der Waals surface area contributed by atoms with Gasteiger partial charge in [0.25, 0.3) is 0 Å². The van der Waals surface area contributed by atoms with E-state index in [2.05, 4.69) is 10.6 Å². The lowest BCUT2D eigenvalue weighted by atomic mass is 9.61. The first kappa shape index (κ1) is 35.4. The van der Waals surface area contributed by atoms with Gasteiger partial charge in [-0.05, 0) is 43.6 Å². The van der Waals surface area contributed by atoms with E-state index in [9.17, 15) is 34.2 Å². The predicted molar refractivity (Wildman–Crippen MR) is 152 cm³/mol. The molecule has 41 heavy (non-hydrogen) atoms. The van der Waals surface area contributed by atoms with Gasteiger partial charge in [0.2, 0.25) is 0 Å². The molecule has 4 unspecified atom stereocenters. The van der Waals surface area contributed by atoms with Gasteiger partial charge in [-0.2, -0.15) is 0 Å². The molecule has 230 valence electrons. The van der Waals surface area contributed by atoms with E-state index in [1.807, 2.05) is 6.07 Å². The summed E-state index contributed by atoms with van der Waals surface area (Å²) in [5.41, 5.74) is -1.80. The molecular formula is C30H46N2O9. The monoisotopic (exact) mass is 578 g/mol. The Morgan fingerprint density at radius 2 is 1.37 bits per heavy atom. The maximum atomic E-state index is 13.1. The van der Waals surface area contributed by atoms with Crippen LogP contribution in [-0.4, -0.2) is 57.8 Å². The van der Waals surface area contributed by atoms with E-state index in [-0.39, 0.29) is 19.4 Å². The summed E-state index contributed by atoms with van der Waals surface area (Å²) in [4.78, 5) is 63.1. The lowest BCUT2D eigenvalue weighted by Crippen LogP contribution is -2.59. The van der Waals surface area contributed by atoms with Crippen LogP contribution in [-0.2, 0) is 35.3 Å². The average molecular weight is 579 g/mol. The number of esters is 2. The Hall–Kier alpha value is -3.63. The van der Waals surface area contributed by atoms with Gasteiger partial charge in [0, 0.05) is 12.3 Å². The van der Waals surface area contributed by atoms with Crippen molar-refractivity contribution in [1.29, 1.82) is 0 Å². The smallest absolute Gasteiger partial charge is 0.329 e. The molecule has 4 N–H and O–H groups in total. The Balaban J connectivity index is 3.15. The minimum atomic E-state index is -1.61. The SMILES string of the molecule is CC(C)(C)OC(=O)C(CCC(=O)OCc1ccccc1)NC(=O)NC(C(=O)O)C(C(C(=O)O)C(C)(C)C)C(C)(C)C. The highest BCUT2D eigenvalue weighted by Crippen LogP contribution is 2.43. The van der Waals surface area contributed by atoms with Crippen LogP contribution in [0.5, 0.6) is 0 Å². The number of hydrogen-bond donors (Lipinski definition) is 4. The van der Waals surface area contributed by atoms with E-state index in [1.54, 1.807) is 86.6 Å². The highest BCUT2D eigenvalue weighted by Gasteiger charge is 2.50. The summed E-state index contributed by atoms with van der Waals surface area (Å²) in [6, 6.07) is 5.10. The number of carbonyl (C=O) groups excluding carboxylic acids is 3. The second kappa shape index (κ2) is 14.3.